The van der Waals surface area contributed by atoms with E-state index in [9.17, 15) is 4.79 Å². The Bertz CT molecular complexity index is 175. The van der Waals surface area contributed by atoms with Gasteiger partial charge in [-0.2, -0.15) is 0 Å². The highest BCUT2D eigenvalue weighted by molar-refractivity contribution is 5.66. The molecule has 0 aromatic heterocycles. The van der Waals surface area contributed by atoms with Gasteiger partial charge in [-0.05, 0) is 32.1 Å². The normalized spacial score (nSPS) is 12.1. The molecule has 15 heavy (non-hydrogen) atoms. The minimum Gasteiger partial charge on any atom is -0.463 e. The Labute approximate surface area is 93.7 Å². The number of unbranched alkanes of at least 4 members (excludes halogenated alkanes) is 3. The summed E-state index contributed by atoms with van der Waals surface area (Å²) in [7, 11) is 0. The summed E-state index contributed by atoms with van der Waals surface area (Å²) in [5, 5.41) is 0. The molecule has 1 atom stereocenters. The van der Waals surface area contributed by atoms with Gasteiger partial charge in [0.25, 0.3) is 0 Å². The van der Waals surface area contributed by atoms with E-state index in [0.717, 1.165) is 32.1 Å². The molecule has 2 nitrogen and oxygen atoms in total. The lowest BCUT2D eigenvalue weighted by atomic mass is 10.1. The molecule has 0 bridgehead atoms. The van der Waals surface area contributed by atoms with Crippen LogP contribution in [0.25, 0.3) is 0 Å². The summed E-state index contributed by atoms with van der Waals surface area (Å²) in [6, 6.07) is 0. The highest BCUT2D eigenvalue weighted by Gasteiger charge is 2.10. The van der Waals surface area contributed by atoms with Crippen LogP contribution in [-0.2, 0) is 9.53 Å². The number of esters is 1. The number of hydrogen-bond acceptors (Lipinski definition) is 2. The molecule has 0 rings (SSSR count). The summed E-state index contributed by atoms with van der Waals surface area (Å²) >= 11 is 0. The second kappa shape index (κ2) is 9.75. The third-order valence-corrected chi connectivity index (χ3v) is 2.40. The molecular weight excluding hydrogens is 188 g/mol. The van der Waals surface area contributed by atoms with Gasteiger partial charge < -0.3 is 4.74 Å². The van der Waals surface area contributed by atoms with E-state index in [1.807, 2.05) is 6.08 Å². The lowest BCUT2D eigenvalue weighted by molar-refractivity contribution is -0.147. The standard InChI is InChI=1S/C13H24O2/c1-4-6-8-10-13(15-12(3)14)11-9-7-5-2/h4,13H,1,5-11H2,2-3H3. The Hall–Kier alpha value is -0.790. The molecule has 0 aromatic rings. The van der Waals surface area contributed by atoms with E-state index in [-0.39, 0.29) is 12.1 Å². The van der Waals surface area contributed by atoms with E-state index in [1.54, 1.807) is 0 Å². The van der Waals surface area contributed by atoms with Crippen LogP contribution in [0.15, 0.2) is 12.7 Å². The van der Waals surface area contributed by atoms with Crippen LogP contribution in [0.1, 0.15) is 58.8 Å². The quantitative estimate of drug-likeness (QED) is 0.329. The van der Waals surface area contributed by atoms with Gasteiger partial charge in [0.15, 0.2) is 0 Å². The molecule has 0 amide bonds. The monoisotopic (exact) mass is 212 g/mol. The first-order valence-electron chi connectivity index (χ1n) is 5.98. The minimum absolute atomic E-state index is 0.119. The summed E-state index contributed by atoms with van der Waals surface area (Å²) in [6.07, 6.45) is 9.66. The fourth-order valence-corrected chi connectivity index (χ4v) is 1.61. The first kappa shape index (κ1) is 14.2. The van der Waals surface area contributed by atoms with E-state index in [0.29, 0.717) is 0 Å². The van der Waals surface area contributed by atoms with Crippen LogP contribution >= 0.6 is 0 Å². The maximum Gasteiger partial charge on any atom is 0.302 e. The Morgan fingerprint density at radius 2 is 2.00 bits per heavy atom. The summed E-state index contributed by atoms with van der Waals surface area (Å²) < 4.78 is 5.27. The second-order valence-electron chi connectivity index (χ2n) is 3.95. The van der Waals surface area contributed by atoms with E-state index in [2.05, 4.69) is 13.5 Å². The molecule has 0 saturated heterocycles. The van der Waals surface area contributed by atoms with Gasteiger partial charge in [-0.3, -0.25) is 4.79 Å². The van der Waals surface area contributed by atoms with Gasteiger partial charge in [-0.1, -0.05) is 25.8 Å². The summed E-state index contributed by atoms with van der Waals surface area (Å²) in [6.45, 7) is 7.35. The number of carbonyl (C=O) groups is 1. The van der Waals surface area contributed by atoms with Crippen molar-refractivity contribution in [1.82, 2.24) is 0 Å². The van der Waals surface area contributed by atoms with Crippen LogP contribution in [0.3, 0.4) is 0 Å². The molecule has 2 heteroatoms. The number of rotatable bonds is 9. The first-order valence-corrected chi connectivity index (χ1v) is 5.98. The van der Waals surface area contributed by atoms with E-state index in [4.69, 9.17) is 4.74 Å². The average molecular weight is 212 g/mol. The third-order valence-electron chi connectivity index (χ3n) is 2.40. The molecule has 0 aliphatic carbocycles. The van der Waals surface area contributed by atoms with Crippen molar-refractivity contribution in [2.45, 2.75) is 64.9 Å². The third kappa shape index (κ3) is 9.51. The van der Waals surface area contributed by atoms with E-state index >= 15 is 0 Å². The van der Waals surface area contributed by atoms with Crippen molar-refractivity contribution in [2.75, 3.05) is 0 Å². The lowest BCUT2D eigenvalue weighted by Crippen LogP contribution is -2.16. The highest BCUT2D eigenvalue weighted by Crippen LogP contribution is 2.13. The molecule has 0 aliphatic heterocycles. The first-order chi connectivity index (χ1) is 7.20. The van der Waals surface area contributed by atoms with Gasteiger partial charge in [0.05, 0.1) is 0 Å². The maximum atomic E-state index is 10.9. The van der Waals surface area contributed by atoms with E-state index < -0.39 is 0 Å². The number of allylic oxidation sites excluding steroid dienone is 1. The van der Waals surface area contributed by atoms with Crippen LogP contribution in [0.5, 0.6) is 0 Å². The van der Waals surface area contributed by atoms with Crippen LogP contribution in [0.4, 0.5) is 0 Å². The predicted octanol–water partition coefficient (Wildman–Crippen LogP) is 3.85. The molecule has 0 fully saturated rings. The zero-order chi connectivity index (χ0) is 11.5. The average Bonchev–Trinajstić information content (AvgIpc) is 2.17. The largest absolute Gasteiger partial charge is 0.463 e. The van der Waals surface area contributed by atoms with Gasteiger partial charge in [-0.25, -0.2) is 0 Å². The van der Waals surface area contributed by atoms with Crippen molar-refractivity contribution in [1.29, 1.82) is 0 Å². The van der Waals surface area contributed by atoms with Crippen molar-refractivity contribution in [3.63, 3.8) is 0 Å². The second-order valence-corrected chi connectivity index (χ2v) is 3.95. The fourth-order valence-electron chi connectivity index (χ4n) is 1.61. The molecule has 0 aliphatic rings. The highest BCUT2D eigenvalue weighted by atomic mass is 16.5. The Kier molecular flexibility index (Phi) is 9.24. The van der Waals surface area contributed by atoms with Gasteiger partial charge in [0, 0.05) is 6.92 Å². The Morgan fingerprint density at radius 1 is 1.33 bits per heavy atom. The molecular formula is C13H24O2. The summed E-state index contributed by atoms with van der Waals surface area (Å²) in [5.41, 5.74) is 0. The van der Waals surface area contributed by atoms with Gasteiger partial charge in [0.2, 0.25) is 0 Å². The summed E-state index contributed by atoms with van der Waals surface area (Å²) in [5.74, 6) is -0.157. The number of ether oxygens (including phenoxy) is 1. The van der Waals surface area contributed by atoms with Crippen molar-refractivity contribution >= 4 is 5.97 Å². The van der Waals surface area contributed by atoms with Crippen LogP contribution in [-0.4, -0.2) is 12.1 Å². The zero-order valence-corrected chi connectivity index (χ0v) is 10.1. The van der Waals surface area contributed by atoms with Gasteiger partial charge >= 0.3 is 5.97 Å². The molecule has 0 spiro atoms. The van der Waals surface area contributed by atoms with Crippen LogP contribution in [0, 0.1) is 0 Å². The molecule has 88 valence electrons. The van der Waals surface area contributed by atoms with E-state index in [1.165, 1.54) is 19.8 Å². The summed E-state index contributed by atoms with van der Waals surface area (Å²) in [4.78, 5) is 10.9. The molecule has 0 saturated carbocycles. The minimum atomic E-state index is -0.157. The van der Waals surface area contributed by atoms with Gasteiger partial charge in [-0.15, -0.1) is 6.58 Å². The maximum absolute atomic E-state index is 10.9. The SMILES string of the molecule is C=CCCCC(CCCCC)OC(C)=O. The van der Waals surface area contributed by atoms with Gasteiger partial charge in [0.1, 0.15) is 6.10 Å². The topological polar surface area (TPSA) is 26.3 Å². The van der Waals surface area contributed by atoms with Crippen LogP contribution < -0.4 is 0 Å². The van der Waals surface area contributed by atoms with Crippen molar-refractivity contribution in [3.05, 3.63) is 12.7 Å². The molecule has 0 N–H and O–H groups in total. The predicted molar refractivity (Wildman–Crippen MR) is 63.7 cm³/mol. The Morgan fingerprint density at radius 3 is 2.53 bits per heavy atom. The van der Waals surface area contributed by atoms with Crippen molar-refractivity contribution in [3.8, 4) is 0 Å². The number of carbonyl (C=O) groups excluding carboxylic acids is 1. The van der Waals surface area contributed by atoms with Crippen LogP contribution in [0.2, 0.25) is 0 Å². The van der Waals surface area contributed by atoms with Crippen molar-refractivity contribution < 1.29 is 9.53 Å². The molecule has 0 heterocycles. The number of hydrogen-bond donors (Lipinski definition) is 0. The molecule has 1 unspecified atom stereocenters. The molecule has 0 aromatic carbocycles. The smallest absolute Gasteiger partial charge is 0.302 e. The zero-order valence-electron chi connectivity index (χ0n) is 10.1. The molecule has 0 radical (unpaired) electrons. The van der Waals surface area contributed by atoms with Crippen molar-refractivity contribution in [2.24, 2.45) is 0 Å². The fraction of sp³-hybridized carbons (Fsp3) is 0.769. The Balaban J connectivity index is 3.72. The lowest BCUT2D eigenvalue weighted by Gasteiger charge is -2.16.